The van der Waals surface area contributed by atoms with Crippen LogP contribution in [0, 0.1) is 0 Å². The summed E-state index contributed by atoms with van der Waals surface area (Å²) in [7, 11) is 1.72. The van der Waals surface area contributed by atoms with Crippen molar-refractivity contribution in [1.82, 2.24) is 19.9 Å². The lowest BCUT2D eigenvalue weighted by atomic mass is 9.91. The zero-order valence-corrected chi connectivity index (χ0v) is 23.7. The molecule has 2 N–H and O–H groups in total. The number of nitrogens with zero attached hydrogens (tertiary/aromatic N) is 4. The smallest absolute Gasteiger partial charge is 0.264 e. The SMILES string of the molecule is COc1nc(NS(=O)(=O)c2cccc(Cl)c2Cl)ccc1/C=C/c1cnc(NC2CCC(N(C)C)CC2)nc1. The first kappa shape index (κ1) is 28.1. The standard InChI is InChI=1S/C26H30Cl2N6O3S/c1-34(2)20-12-10-19(11-13-20)31-26-29-15-17(16-30-26)7-8-18-9-14-23(32-25(18)37-3)33-38(35,36)22-6-4-5-21(27)24(22)28/h4-9,14-16,19-20H,10-13H2,1-3H3,(H,32,33)(H,29,30,31)/b8-7+. The normalized spacial score (nSPS) is 18.1. The van der Waals surface area contributed by atoms with Crippen LogP contribution in [0.15, 0.2) is 47.6 Å². The first-order valence-electron chi connectivity index (χ1n) is 12.1. The van der Waals surface area contributed by atoms with Crippen LogP contribution in [0.1, 0.15) is 36.8 Å². The van der Waals surface area contributed by atoms with E-state index in [9.17, 15) is 8.42 Å². The molecule has 0 saturated heterocycles. The maximum Gasteiger partial charge on any atom is 0.264 e. The minimum atomic E-state index is -4.01. The number of sulfonamides is 1. The van der Waals surface area contributed by atoms with Gasteiger partial charge in [-0.3, -0.25) is 4.72 Å². The third-order valence-electron chi connectivity index (χ3n) is 6.42. The van der Waals surface area contributed by atoms with E-state index in [1.54, 1.807) is 24.5 Å². The van der Waals surface area contributed by atoms with Crippen molar-refractivity contribution in [3.63, 3.8) is 0 Å². The monoisotopic (exact) mass is 576 g/mol. The Hall–Kier alpha value is -2.92. The molecule has 2 aromatic heterocycles. The van der Waals surface area contributed by atoms with Crippen molar-refractivity contribution < 1.29 is 13.2 Å². The third kappa shape index (κ3) is 6.93. The molecule has 1 fully saturated rings. The van der Waals surface area contributed by atoms with Crippen LogP contribution < -0.4 is 14.8 Å². The predicted molar refractivity (Wildman–Crippen MR) is 152 cm³/mol. The highest BCUT2D eigenvalue weighted by Gasteiger charge is 2.23. The van der Waals surface area contributed by atoms with Crippen molar-refractivity contribution in [3.8, 4) is 5.88 Å². The van der Waals surface area contributed by atoms with Crippen LogP contribution in [0.3, 0.4) is 0 Å². The second-order valence-corrected chi connectivity index (χ2v) is 11.7. The maximum absolute atomic E-state index is 12.8. The van der Waals surface area contributed by atoms with Crippen molar-refractivity contribution in [2.45, 2.75) is 42.7 Å². The molecule has 0 aliphatic heterocycles. The van der Waals surface area contributed by atoms with Crippen molar-refractivity contribution in [3.05, 3.63) is 63.9 Å². The van der Waals surface area contributed by atoms with Gasteiger partial charge in [-0.15, -0.1) is 0 Å². The molecule has 1 aliphatic rings. The third-order valence-corrected chi connectivity index (χ3v) is 8.74. The highest BCUT2D eigenvalue weighted by Crippen LogP contribution is 2.30. The zero-order valence-electron chi connectivity index (χ0n) is 21.4. The summed E-state index contributed by atoms with van der Waals surface area (Å²) < 4.78 is 33.4. The van der Waals surface area contributed by atoms with Gasteiger partial charge in [-0.2, -0.15) is 4.98 Å². The summed E-state index contributed by atoms with van der Waals surface area (Å²) in [4.78, 5) is 15.3. The average Bonchev–Trinajstić information content (AvgIpc) is 2.90. The molecule has 1 saturated carbocycles. The number of halogens is 2. The zero-order chi connectivity index (χ0) is 27.3. The quantitative estimate of drug-likeness (QED) is 0.346. The molecule has 1 aliphatic carbocycles. The van der Waals surface area contributed by atoms with E-state index in [0.29, 0.717) is 23.6 Å². The lowest BCUT2D eigenvalue weighted by molar-refractivity contribution is 0.221. The van der Waals surface area contributed by atoms with Gasteiger partial charge in [0.25, 0.3) is 10.0 Å². The molecule has 4 rings (SSSR count). The summed E-state index contributed by atoms with van der Waals surface area (Å²) in [5, 5.41) is 3.51. The van der Waals surface area contributed by atoms with Gasteiger partial charge in [0, 0.05) is 35.6 Å². The number of hydrogen-bond donors (Lipinski definition) is 2. The van der Waals surface area contributed by atoms with Crippen LogP contribution in [-0.4, -0.2) is 61.6 Å². The number of nitrogens with one attached hydrogen (secondary N) is 2. The minimum absolute atomic E-state index is 0.0617. The Labute approximate surface area is 233 Å². The fraction of sp³-hybridized carbons (Fsp3) is 0.346. The fourth-order valence-electron chi connectivity index (χ4n) is 4.29. The molecule has 0 bridgehead atoms. The molecule has 202 valence electrons. The van der Waals surface area contributed by atoms with Crippen molar-refractivity contribution in [2.75, 3.05) is 31.2 Å². The molecule has 0 spiro atoms. The largest absolute Gasteiger partial charge is 0.481 e. The molecule has 0 amide bonds. The van der Waals surface area contributed by atoms with E-state index in [1.807, 2.05) is 6.08 Å². The molecule has 9 nitrogen and oxygen atoms in total. The molecule has 1 aromatic carbocycles. The van der Waals surface area contributed by atoms with E-state index in [-0.39, 0.29) is 26.6 Å². The van der Waals surface area contributed by atoms with E-state index >= 15 is 0 Å². The van der Waals surface area contributed by atoms with Gasteiger partial charge in [0.15, 0.2) is 0 Å². The van der Waals surface area contributed by atoms with Gasteiger partial charge >= 0.3 is 0 Å². The maximum atomic E-state index is 12.8. The second kappa shape index (κ2) is 12.3. The van der Waals surface area contributed by atoms with Gasteiger partial charge in [0.05, 0.1) is 17.2 Å². The van der Waals surface area contributed by atoms with Crippen molar-refractivity contribution in [2.24, 2.45) is 0 Å². The average molecular weight is 578 g/mol. The van der Waals surface area contributed by atoms with Crippen LogP contribution in [0.25, 0.3) is 12.2 Å². The first-order chi connectivity index (χ1) is 18.2. The summed E-state index contributed by atoms with van der Waals surface area (Å²) in [5.41, 5.74) is 1.45. The minimum Gasteiger partial charge on any atom is -0.481 e. The van der Waals surface area contributed by atoms with E-state index < -0.39 is 10.0 Å². The van der Waals surface area contributed by atoms with Crippen LogP contribution in [0.5, 0.6) is 5.88 Å². The van der Waals surface area contributed by atoms with Gasteiger partial charge in [-0.1, -0.05) is 35.3 Å². The number of benzene rings is 1. The molecule has 0 radical (unpaired) electrons. The molecule has 38 heavy (non-hydrogen) atoms. The highest BCUT2D eigenvalue weighted by molar-refractivity contribution is 7.92. The molecule has 0 atom stereocenters. The number of ether oxygens (including phenoxy) is 1. The highest BCUT2D eigenvalue weighted by atomic mass is 35.5. The molecule has 3 aromatic rings. The van der Waals surface area contributed by atoms with Crippen LogP contribution in [0.4, 0.5) is 11.8 Å². The molecular formula is C26H30Cl2N6O3S. The number of rotatable bonds is 9. The Bertz CT molecular complexity index is 1390. The predicted octanol–water partition coefficient (Wildman–Crippen LogP) is 5.44. The summed E-state index contributed by atoms with van der Waals surface area (Å²) in [6.45, 7) is 0. The van der Waals surface area contributed by atoms with Gasteiger partial charge in [0.1, 0.15) is 10.7 Å². The van der Waals surface area contributed by atoms with Crippen molar-refractivity contribution in [1.29, 1.82) is 0 Å². The Kier molecular flexibility index (Phi) is 9.09. The van der Waals surface area contributed by atoms with Gasteiger partial charge in [-0.05, 0) is 70.1 Å². The number of anilines is 2. The number of pyridine rings is 1. The van der Waals surface area contributed by atoms with E-state index in [2.05, 4.69) is 44.0 Å². The lowest BCUT2D eigenvalue weighted by Gasteiger charge is -2.32. The Morgan fingerprint density at radius 3 is 2.39 bits per heavy atom. The molecule has 2 heterocycles. The summed E-state index contributed by atoms with van der Waals surface area (Å²) in [6, 6.07) is 8.64. The fourth-order valence-corrected chi connectivity index (χ4v) is 6.05. The number of hydrogen-bond acceptors (Lipinski definition) is 8. The van der Waals surface area contributed by atoms with Crippen LogP contribution >= 0.6 is 23.2 Å². The lowest BCUT2D eigenvalue weighted by Crippen LogP contribution is -2.36. The summed E-state index contributed by atoms with van der Waals surface area (Å²) in [6.07, 6.45) is 11.6. The second-order valence-electron chi connectivity index (χ2n) is 9.24. The van der Waals surface area contributed by atoms with Crippen LogP contribution in [-0.2, 0) is 10.0 Å². The van der Waals surface area contributed by atoms with Crippen LogP contribution in [0.2, 0.25) is 10.0 Å². The molecule has 0 unspecified atom stereocenters. The Balaban J connectivity index is 1.40. The summed E-state index contributed by atoms with van der Waals surface area (Å²) >= 11 is 12.0. The van der Waals surface area contributed by atoms with Gasteiger partial charge < -0.3 is 15.0 Å². The topological polar surface area (TPSA) is 109 Å². The number of methoxy groups -OCH3 is 1. The Morgan fingerprint density at radius 1 is 1.03 bits per heavy atom. The van der Waals surface area contributed by atoms with Crippen molar-refractivity contribution >= 4 is 57.1 Å². The van der Waals surface area contributed by atoms with E-state index in [1.165, 1.54) is 31.4 Å². The summed E-state index contributed by atoms with van der Waals surface area (Å²) in [5.74, 6) is 0.936. The molecule has 12 heteroatoms. The molecular weight excluding hydrogens is 547 g/mol. The van der Waals surface area contributed by atoms with Gasteiger partial charge in [-0.25, -0.2) is 18.4 Å². The van der Waals surface area contributed by atoms with Gasteiger partial charge in [0.2, 0.25) is 11.8 Å². The van der Waals surface area contributed by atoms with E-state index in [0.717, 1.165) is 31.2 Å². The number of aromatic nitrogens is 3. The first-order valence-corrected chi connectivity index (χ1v) is 14.3. The Morgan fingerprint density at radius 2 is 1.74 bits per heavy atom. The van der Waals surface area contributed by atoms with E-state index in [4.69, 9.17) is 27.9 Å².